The molecule has 1 aliphatic carbocycles. The number of piperidine rings is 3. The number of fused-ring (bicyclic) bond motifs is 4. The second-order valence-corrected chi connectivity index (χ2v) is 7.77. The maximum Gasteiger partial charge on any atom is 0.224 e. The molecule has 1 N–H and O–H groups in total. The van der Waals surface area contributed by atoms with Crippen LogP contribution in [0, 0.1) is 5.92 Å². The fourth-order valence-electron chi connectivity index (χ4n) is 4.62. The van der Waals surface area contributed by atoms with E-state index < -0.39 is 0 Å². The van der Waals surface area contributed by atoms with Crippen molar-refractivity contribution in [3.05, 3.63) is 33.8 Å². The first kappa shape index (κ1) is 15.5. The van der Waals surface area contributed by atoms with Crippen LogP contribution in [0.3, 0.4) is 0 Å². The van der Waals surface area contributed by atoms with E-state index in [9.17, 15) is 4.79 Å². The van der Waals surface area contributed by atoms with Crippen molar-refractivity contribution in [3.63, 3.8) is 0 Å². The number of carbonyl (C=O) groups is 1. The van der Waals surface area contributed by atoms with Crippen LogP contribution in [0.25, 0.3) is 0 Å². The number of halogens is 1. The Labute approximate surface area is 143 Å². The number of hydrogen-bond acceptors (Lipinski definition) is 2. The average Bonchev–Trinajstić information content (AvgIpc) is 2.59. The van der Waals surface area contributed by atoms with E-state index in [-0.39, 0.29) is 5.91 Å². The van der Waals surface area contributed by atoms with Crippen LogP contribution < -0.4 is 5.32 Å². The van der Waals surface area contributed by atoms with Crippen LogP contribution in [0.2, 0.25) is 5.02 Å². The third-order valence-electron chi connectivity index (χ3n) is 5.93. The molecule has 0 spiro atoms. The molecule has 4 heteroatoms. The number of benzene rings is 1. The summed E-state index contributed by atoms with van der Waals surface area (Å²) in [6.45, 7) is 3.46. The summed E-state index contributed by atoms with van der Waals surface area (Å²) in [6.07, 6.45) is 7.52. The Kier molecular flexibility index (Phi) is 4.33. The van der Waals surface area contributed by atoms with Crippen LogP contribution in [0.5, 0.6) is 0 Å². The van der Waals surface area contributed by atoms with Crippen LogP contribution in [0.15, 0.2) is 12.1 Å². The quantitative estimate of drug-likeness (QED) is 0.923. The molecule has 3 nitrogen and oxygen atoms in total. The summed E-state index contributed by atoms with van der Waals surface area (Å²) in [4.78, 5) is 15.0. The molecule has 1 atom stereocenters. The van der Waals surface area contributed by atoms with Crippen molar-refractivity contribution in [3.8, 4) is 0 Å². The number of carbonyl (C=O) groups excluding carboxylic acids is 1. The van der Waals surface area contributed by atoms with Crippen molar-refractivity contribution < 1.29 is 4.79 Å². The maximum atomic E-state index is 12.6. The summed E-state index contributed by atoms with van der Waals surface area (Å²) in [6, 6.07) is 4.39. The molecule has 1 unspecified atom stereocenters. The normalized spacial score (nSPS) is 29.2. The van der Waals surface area contributed by atoms with E-state index in [1.54, 1.807) is 0 Å². The summed E-state index contributed by atoms with van der Waals surface area (Å²) in [5.74, 6) is 0.863. The Morgan fingerprint density at radius 2 is 1.91 bits per heavy atom. The van der Waals surface area contributed by atoms with E-state index in [4.69, 9.17) is 11.6 Å². The fraction of sp³-hybridized carbons (Fsp3) is 0.632. The van der Waals surface area contributed by atoms with Gasteiger partial charge in [0.2, 0.25) is 5.91 Å². The van der Waals surface area contributed by atoms with Crippen molar-refractivity contribution in [1.82, 2.24) is 10.2 Å². The zero-order chi connectivity index (χ0) is 15.8. The van der Waals surface area contributed by atoms with Gasteiger partial charge in [0.1, 0.15) is 0 Å². The highest BCUT2D eigenvalue weighted by Crippen LogP contribution is 2.31. The highest BCUT2D eigenvalue weighted by atomic mass is 35.5. The second-order valence-electron chi connectivity index (χ2n) is 7.36. The molecule has 3 fully saturated rings. The summed E-state index contributed by atoms with van der Waals surface area (Å²) >= 11 is 6.34. The van der Waals surface area contributed by atoms with Gasteiger partial charge in [-0.2, -0.15) is 0 Å². The molecule has 2 bridgehead atoms. The van der Waals surface area contributed by atoms with Gasteiger partial charge in [-0.25, -0.2) is 0 Å². The van der Waals surface area contributed by atoms with Gasteiger partial charge in [-0.3, -0.25) is 4.79 Å². The van der Waals surface area contributed by atoms with Gasteiger partial charge in [0.25, 0.3) is 0 Å². The molecule has 5 rings (SSSR count). The molecule has 3 saturated heterocycles. The molecular formula is C19H25ClN2O. The summed E-state index contributed by atoms with van der Waals surface area (Å²) in [7, 11) is 0. The summed E-state index contributed by atoms with van der Waals surface area (Å²) in [5.41, 5.74) is 3.81. The lowest BCUT2D eigenvalue weighted by Gasteiger charge is -2.45. The van der Waals surface area contributed by atoms with Gasteiger partial charge < -0.3 is 10.2 Å². The van der Waals surface area contributed by atoms with Crippen LogP contribution in [0.4, 0.5) is 0 Å². The molecular weight excluding hydrogens is 308 g/mol. The summed E-state index contributed by atoms with van der Waals surface area (Å²) < 4.78 is 0. The Bertz CT molecular complexity index is 608. The van der Waals surface area contributed by atoms with E-state index in [1.165, 1.54) is 55.5 Å². The van der Waals surface area contributed by atoms with E-state index in [1.807, 2.05) is 6.07 Å². The number of amides is 1. The first-order valence-electron chi connectivity index (χ1n) is 9.01. The van der Waals surface area contributed by atoms with Gasteiger partial charge in [-0.15, -0.1) is 0 Å². The zero-order valence-corrected chi connectivity index (χ0v) is 14.4. The SMILES string of the molecule is O=C(Cc1ccc(Cl)c2c1CCCC2)NC1CN2CCC1CC2. The minimum absolute atomic E-state index is 0.179. The lowest BCUT2D eigenvalue weighted by atomic mass is 9.83. The third-order valence-corrected chi connectivity index (χ3v) is 6.28. The Hall–Kier alpha value is -1.06. The monoisotopic (exact) mass is 332 g/mol. The van der Waals surface area contributed by atoms with Crippen molar-refractivity contribution >= 4 is 17.5 Å². The van der Waals surface area contributed by atoms with Crippen LogP contribution in [-0.4, -0.2) is 36.5 Å². The molecule has 3 heterocycles. The van der Waals surface area contributed by atoms with E-state index in [2.05, 4.69) is 16.3 Å². The standard InChI is InChI=1S/C19H25ClN2O/c20-17-6-5-14(15-3-1-2-4-16(15)17)11-19(23)21-18-12-22-9-7-13(18)8-10-22/h5-6,13,18H,1-4,7-12H2,(H,21,23). The van der Waals surface area contributed by atoms with Gasteiger partial charge in [0.05, 0.1) is 6.42 Å². The molecule has 0 aromatic heterocycles. The van der Waals surface area contributed by atoms with E-state index in [0.717, 1.165) is 24.4 Å². The van der Waals surface area contributed by atoms with Crippen LogP contribution >= 0.6 is 11.6 Å². The number of hydrogen-bond donors (Lipinski definition) is 1. The predicted molar refractivity (Wildman–Crippen MR) is 92.9 cm³/mol. The van der Waals surface area contributed by atoms with Gasteiger partial charge in [-0.05, 0) is 80.3 Å². The highest BCUT2D eigenvalue weighted by molar-refractivity contribution is 6.31. The van der Waals surface area contributed by atoms with Gasteiger partial charge in [-0.1, -0.05) is 17.7 Å². The number of nitrogens with zero attached hydrogens (tertiary/aromatic N) is 1. The Morgan fingerprint density at radius 1 is 1.17 bits per heavy atom. The topological polar surface area (TPSA) is 32.3 Å². The molecule has 0 saturated carbocycles. The van der Waals surface area contributed by atoms with Crippen molar-refractivity contribution in [2.75, 3.05) is 19.6 Å². The van der Waals surface area contributed by atoms with E-state index >= 15 is 0 Å². The first-order chi connectivity index (χ1) is 11.2. The fourth-order valence-corrected chi connectivity index (χ4v) is 4.89. The van der Waals surface area contributed by atoms with Crippen molar-refractivity contribution in [1.29, 1.82) is 0 Å². The largest absolute Gasteiger partial charge is 0.352 e. The van der Waals surface area contributed by atoms with Gasteiger partial charge in [0.15, 0.2) is 0 Å². The molecule has 1 amide bonds. The Balaban J connectivity index is 1.45. The third kappa shape index (κ3) is 3.14. The molecule has 124 valence electrons. The summed E-state index contributed by atoms with van der Waals surface area (Å²) in [5, 5.41) is 4.18. The molecule has 1 aromatic rings. The highest BCUT2D eigenvalue weighted by Gasteiger charge is 2.34. The van der Waals surface area contributed by atoms with Gasteiger partial charge >= 0.3 is 0 Å². The molecule has 1 aromatic carbocycles. The minimum atomic E-state index is 0.179. The minimum Gasteiger partial charge on any atom is -0.352 e. The molecule has 4 aliphatic rings. The predicted octanol–water partition coefficient (Wildman–Crippen LogP) is 2.97. The molecule has 23 heavy (non-hydrogen) atoms. The molecule has 0 radical (unpaired) electrons. The van der Waals surface area contributed by atoms with Crippen LogP contribution in [-0.2, 0) is 24.1 Å². The number of nitrogens with one attached hydrogen (secondary N) is 1. The van der Waals surface area contributed by atoms with Gasteiger partial charge in [0, 0.05) is 17.6 Å². The van der Waals surface area contributed by atoms with Crippen molar-refractivity contribution in [2.24, 2.45) is 5.92 Å². The van der Waals surface area contributed by atoms with Crippen LogP contribution in [0.1, 0.15) is 42.4 Å². The zero-order valence-electron chi connectivity index (χ0n) is 13.6. The second kappa shape index (κ2) is 6.45. The lowest BCUT2D eigenvalue weighted by Crippen LogP contribution is -2.57. The lowest BCUT2D eigenvalue weighted by molar-refractivity contribution is -0.122. The average molecular weight is 333 g/mol. The smallest absolute Gasteiger partial charge is 0.224 e. The van der Waals surface area contributed by atoms with E-state index in [0.29, 0.717) is 18.4 Å². The maximum absolute atomic E-state index is 12.6. The van der Waals surface area contributed by atoms with Crippen molar-refractivity contribution in [2.45, 2.75) is 51.0 Å². The number of rotatable bonds is 3. The molecule has 3 aliphatic heterocycles. The first-order valence-corrected chi connectivity index (χ1v) is 9.39. The Morgan fingerprint density at radius 3 is 2.61 bits per heavy atom.